The van der Waals surface area contributed by atoms with Crippen LogP contribution in [0.1, 0.15) is 0 Å². The van der Waals surface area contributed by atoms with E-state index in [0.29, 0.717) is 0 Å². The van der Waals surface area contributed by atoms with Crippen LogP contribution in [-0.2, 0) is 47.9 Å². The first-order chi connectivity index (χ1) is 4.00. The van der Waals surface area contributed by atoms with Gasteiger partial charge in [-0.3, -0.25) is 0 Å². The van der Waals surface area contributed by atoms with Crippen molar-refractivity contribution in [2.24, 2.45) is 0 Å². The summed E-state index contributed by atoms with van der Waals surface area (Å²) in [6.45, 7) is 14.0. The predicted molar refractivity (Wildman–Crippen MR) is 26.7 cm³/mol. The van der Waals surface area contributed by atoms with Gasteiger partial charge in [0.2, 0.25) is 0 Å². The third-order valence-electron chi connectivity index (χ3n) is 0. The Morgan fingerprint density at radius 2 is 0.500 bits per heavy atom. The molecule has 4 nitrogen and oxygen atoms in total. The van der Waals surface area contributed by atoms with Gasteiger partial charge in [-0.25, -0.2) is 21.0 Å². The molecule has 0 spiro atoms. The Morgan fingerprint density at radius 1 is 0.500 bits per heavy atom. The van der Waals surface area contributed by atoms with E-state index in [0.717, 1.165) is 0 Å². The average Bonchev–Trinajstić information content (AvgIpc) is 2.03. The molecule has 0 amide bonds. The van der Waals surface area contributed by atoms with E-state index in [1.807, 2.05) is 0 Å². The van der Waals surface area contributed by atoms with Gasteiger partial charge < -0.3 is 0 Å². The minimum Gasteiger partial charge on any atom is -0.202 e. The quantitative estimate of drug-likeness (QED) is 0.584. The second-order valence-electron chi connectivity index (χ2n) is 0. The van der Waals surface area contributed by atoms with Crippen molar-refractivity contribution in [1.29, 1.82) is 21.0 Å². The molecule has 0 aromatic rings. The van der Waals surface area contributed by atoms with Gasteiger partial charge in [0, 0.05) is 74.2 Å². The summed E-state index contributed by atoms with van der Waals surface area (Å²) >= 11 is 0. The molecule has 0 fully saturated rings. The van der Waals surface area contributed by atoms with E-state index in [1.54, 1.807) is 0 Å². The Morgan fingerprint density at radius 3 is 0.500 bits per heavy atom. The van der Waals surface area contributed by atoms with Gasteiger partial charge in [-0.15, -0.1) is 0 Å². The smallest absolute Gasteiger partial charge is 0.0462 e. The van der Waals surface area contributed by atoms with Crippen molar-refractivity contribution in [3.63, 3.8) is 0 Å². The summed E-state index contributed by atoms with van der Waals surface area (Å²) in [5.41, 5.74) is 0. The van der Waals surface area contributed by atoms with Crippen LogP contribution < -0.4 is 0 Å². The molecule has 6 heteroatoms. The summed E-state index contributed by atoms with van der Waals surface area (Å²) in [4.78, 5) is 0. The average molecular weight is 247 g/mol. The van der Waals surface area contributed by atoms with E-state index in [-0.39, 0.29) is 47.9 Å². The van der Waals surface area contributed by atoms with E-state index < -0.39 is 0 Å². The largest absolute Gasteiger partial charge is 0.202 e. The number of nitrogens with zero attached hydrogens (tertiary/aromatic N) is 4. The summed E-state index contributed by atoms with van der Waals surface area (Å²) in [6, 6.07) is 0. The molecule has 0 atom stereocenters. The standard InChI is InChI=1S/4CHN.Ti.Zr/c4*1-2;;/h4*1H;;. The van der Waals surface area contributed by atoms with Gasteiger partial charge in [-0.1, -0.05) is 0 Å². The summed E-state index contributed by atoms with van der Waals surface area (Å²) in [7, 11) is 0. The number of nitriles is 4. The van der Waals surface area contributed by atoms with Crippen molar-refractivity contribution in [2.75, 3.05) is 0 Å². The van der Waals surface area contributed by atoms with E-state index in [2.05, 4.69) is 26.3 Å². The van der Waals surface area contributed by atoms with Crippen LogP contribution in [0, 0.1) is 47.3 Å². The van der Waals surface area contributed by atoms with Crippen molar-refractivity contribution < 1.29 is 47.9 Å². The van der Waals surface area contributed by atoms with Gasteiger partial charge >= 0.3 is 0 Å². The zero-order valence-electron chi connectivity index (χ0n) is 5.10. The fourth-order valence-electron chi connectivity index (χ4n) is 0. The Balaban J connectivity index is -0.00000000500. The molecule has 0 N–H and O–H groups in total. The third-order valence-corrected chi connectivity index (χ3v) is 0. The van der Waals surface area contributed by atoms with Gasteiger partial charge in [0.05, 0.1) is 0 Å². The van der Waals surface area contributed by atoms with Crippen molar-refractivity contribution in [1.82, 2.24) is 0 Å². The maximum Gasteiger partial charge on any atom is 0.0462 e. The monoisotopic (exact) mass is 246 g/mol. The van der Waals surface area contributed by atoms with Crippen LogP contribution in [0.2, 0.25) is 0 Å². The molecule has 0 aliphatic rings. The van der Waals surface area contributed by atoms with Gasteiger partial charge in [0.25, 0.3) is 0 Å². The zero-order chi connectivity index (χ0) is 8.00. The number of rotatable bonds is 0. The first kappa shape index (κ1) is 55.3. The minimum atomic E-state index is 0. The number of hydrogen-bond donors (Lipinski definition) is 0. The van der Waals surface area contributed by atoms with Gasteiger partial charge in [0.15, 0.2) is 0 Å². The first-order valence-corrected chi connectivity index (χ1v) is 1.03. The van der Waals surface area contributed by atoms with Gasteiger partial charge in [-0.2, -0.15) is 0 Å². The summed E-state index contributed by atoms with van der Waals surface area (Å²) < 4.78 is 0. The fraction of sp³-hybridized carbons (Fsp3) is 0. The minimum absolute atomic E-state index is 0. The first-order valence-electron chi connectivity index (χ1n) is 1.03. The number of hydrogen-bond acceptors (Lipinski definition) is 4. The van der Waals surface area contributed by atoms with Crippen LogP contribution in [0.15, 0.2) is 0 Å². The summed E-state index contributed by atoms with van der Waals surface area (Å²) in [5.74, 6) is 0. The van der Waals surface area contributed by atoms with Crippen LogP contribution in [0.4, 0.5) is 0 Å². The summed E-state index contributed by atoms with van der Waals surface area (Å²) in [5, 5.41) is 26.0. The maximum absolute atomic E-state index is 6.50. The summed E-state index contributed by atoms with van der Waals surface area (Å²) in [6.07, 6.45) is 0. The second-order valence-corrected chi connectivity index (χ2v) is 0. The van der Waals surface area contributed by atoms with Crippen molar-refractivity contribution in [2.45, 2.75) is 0 Å². The molecule has 0 saturated carbocycles. The Kier molecular flexibility index (Phi) is 13800. The molecule has 0 unspecified atom stereocenters. The van der Waals surface area contributed by atoms with Crippen LogP contribution >= 0.6 is 0 Å². The Hall–Kier alpha value is -0.443. The molecule has 0 radical (unpaired) electrons. The van der Waals surface area contributed by atoms with Gasteiger partial charge in [0.1, 0.15) is 0 Å². The molecule has 0 aromatic heterocycles. The van der Waals surface area contributed by atoms with Crippen molar-refractivity contribution in [3.8, 4) is 26.3 Å². The molecule has 48 valence electrons. The molecule has 0 aromatic carbocycles. The fourth-order valence-corrected chi connectivity index (χ4v) is 0. The SMILES string of the molecule is C#N.C#N.C#N.C#N.[Ti].[Zr]. The van der Waals surface area contributed by atoms with Crippen LogP contribution in [0.5, 0.6) is 0 Å². The van der Waals surface area contributed by atoms with Crippen molar-refractivity contribution in [3.05, 3.63) is 0 Å². The molecule has 0 rings (SSSR count). The molecular weight excluding hydrogens is 243 g/mol. The van der Waals surface area contributed by atoms with Crippen LogP contribution in [-0.4, -0.2) is 0 Å². The van der Waals surface area contributed by atoms with E-state index in [9.17, 15) is 0 Å². The molecule has 0 aliphatic carbocycles. The zero-order valence-corrected chi connectivity index (χ0v) is 9.12. The molecule has 0 saturated heterocycles. The molecular formula is C4H4N4TiZr. The van der Waals surface area contributed by atoms with Crippen LogP contribution in [0.25, 0.3) is 0 Å². The normalized spacial score (nSPS) is 0.800. The van der Waals surface area contributed by atoms with E-state index in [4.69, 9.17) is 21.0 Å². The van der Waals surface area contributed by atoms with E-state index >= 15 is 0 Å². The second kappa shape index (κ2) is 2490. The molecule has 0 bridgehead atoms. The van der Waals surface area contributed by atoms with Crippen LogP contribution in [0.3, 0.4) is 0 Å². The third kappa shape index (κ3) is 1660. The predicted octanol–water partition coefficient (Wildman–Crippen LogP) is 0.554. The van der Waals surface area contributed by atoms with E-state index in [1.165, 1.54) is 0 Å². The van der Waals surface area contributed by atoms with Crippen molar-refractivity contribution >= 4 is 0 Å². The molecule has 0 aliphatic heterocycles. The Labute approximate surface area is 94.7 Å². The topological polar surface area (TPSA) is 95.2 Å². The molecule has 0 heterocycles. The molecule has 10 heavy (non-hydrogen) atoms. The Bertz CT molecular complexity index is 60.2. The van der Waals surface area contributed by atoms with Gasteiger partial charge in [-0.05, 0) is 0 Å². The maximum atomic E-state index is 6.50.